The maximum absolute atomic E-state index is 10.6. The molecule has 13 heavy (non-hydrogen) atoms. The summed E-state index contributed by atoms with van der Waals surface area (Å²) in [4.78, 5) is 0. The van der Waals surface area contributed by atoms with E-state index in [1.165, 1.54) is 19.3 Å². The Morgan fingerprint density at radius 3 is 2.54 bits per heavy atom. The first-order valence-corrected chi connectivity index (χ1v) is 6.99. The Morgan fingerprint density at radius 1 is 1.38 bits per heavy atom. The van der Waals surface area contributed by atoms with Gasteiger partial charge in [0.05, 0.1) is 0 Å². The van der Waals surface area contributed by atoms with E-state index in [1.54, 1.807) is 0 Å². The van der Waals surface area contributed by atoms with E-state index in [-0.39, 0.29) is 0 Å². The maximum Gasteiger partial charge on any atom is 0.297 e. The van der Waals surface area contributed by atoms with Gasteiger partial charge in [-0.2, -0.15) is 8.42 Å². The van der Waals surface area contributed by atoms with Crippen LogP contribution in [0.3, 0.4) is 0 Å². The molecule has 0 amide bonds. The van der Waals surface area contributed by atoms with Crippen LogP contribution >= 0.6 is 10.7 Å². The number of hydrogen-bond acceptors (Lipinski definition) is 2. The van der Waals surface area contributed by atoms with E-state index in [4.69, 9.17) is 10.7 Å². The fourth-order valence-corrected chi connectivity index (χ4v) is 2.51. The highest BCUT2D eigenvalue weighted by Gasteiger charge is 2.22. The Labute approximate surface area is 84.4 Å². The predicted molar refractivity (Wildman–Crippen MR) is 53.9 cm³/mol. The molecule has 1 aliphatic carbocycles. The molecule has 78 valence electrons. The van der Waals surface area contributed by atoms with Gasteiger partial charge in [0.2, 0.25) is 0 Å². The Morgan fingerprint density at radius 2 is 2.00 bits per heavy atom. The van der Waals surface area contributed by atoms with Crippen LogP contribution in [0.15, 0.2) is 0 Å². The van der Waals surface area contributed by atoms with Crippen LogP contribution in [0.1, 0.15) is 32.6 Å². The maximum atomic E-state index is 10.6. The van der Waals surface area contributed by atoms with Crippen molar-refractivity contribution in [3.05, 3.63) is 0 Å². The zero-order valence-electron chi connectivity index (χ0n) is 7.79. The lowest BCUT2D eigenvalue weighted by molar-refractivity contribution is 0.258. The topological polar surface area (TPSA) is 46.2 Å². The molecule has 5 heteroatoms. The van der Waals surface area contributed by atoms with Gasteiger partial charge in [0.1, 0.15) is 0 Å². The van der Waals surface area contributed by atoms with Crippen molar-refractivity contribution in [3.8, 4) is 0 Å². The van der Waals surface area contributed by atoms with Crippen molar-refractivity contribution >= 4 is 19.9 Å². The molecule has 0 aromatic carbocycles. The van der Waals surface area contributed by atoms with E-state index in [0.29, 0.717) is 18.4 Å². The standard InChI is InChI=1S/C8H16ClNO2S/c1-7-4-2-3-5-8(7)6-10-13(9,11)12/h7-8,10H,2-6H2,1H3. The molecule has 0 aliphatic heterocycles. The molecule has 1 N–H and O–H groups in total. The van der Waals surface area contributed by atoms with E-state index in [9.17, 15) is 8.42 Å². The molecule has 0 heterocycles. The second kappa shape index (κ2) is 4.62. The van der Waals surface area contributed by atoms with E-state index < -0.39 is 9.24 Å². The van der Waals surface area contributed by atoms with Crippen LogP contribution in [0.4, 0.5) is 0 Å². The van der Waals surface area contributed by atoms with Crippen LogP contribution in [0.5, 0.6) is 0 Å². The van der Waals surface area contributed by atoms with Gasteiger partial charge in [0.25, 0.3) is 9.24 Å². The third kappa shape index (κ3) is 4.29. The molecule has 1 fully saturated rings. The van der Waals surface area contributed by atoms with Gasteiger partial charge in [-0.15, -0.1) is 0 Å². The first-order valence-electron chi connectivity index (χ1n) is 4.68. The van der Waals surface area contributed by atoms with E-state index in [0.717, 1.165) is 6.42 Å². The highest BCUT2D eigenvalue weighted by Crippen LogP contribution is 2.28. The van der Waals surface area contributed by atoms with Gasteiger partial charge < -0.3 is 0 Å². The lowest BCUT2D eigenvalue weighted by Gasteiger charge is -2.28. The molecule has 1 rings (SSSR count). The summed E-state index contributed by atoms with van der Waals surface area (Å²) in [6.07, 6.45) is 4.79. The van der Waals surface area contributed by atoms with E-state index >= 15 is 0 Å². The van der Waals surface area contributed by atoms with Crippen LogP contribution in [0.2, 0.25) is 0 Å². The second-order valence-electron chi connectivity index (χ2n) is 3.81. The minimum Gasteiger partial charge on any atom is -0.202 e. The smallest absolute Gasteiger partial charge is 0.202 e. The molecular weight excluding hydrogens is 210 g/mol. The largest absolute Gasteiger partial charge is 0.297 e. The number of halogens is 1. The number of rotatable bonds is 3. The van der Waals surface area contributed by atoms with Gasteiger partial charge in [-0.3, -0.25) is 0 Å². The summed E-state index contributed by atoms with van der Waals surface area (Å²) >= 11 is 0. The highest BCUT2D eigenvalue weighted by molar-refractivity contribution is 8.12. The van der Waals surface area contributed by atoms with Gasteiger partial charge in [-0.1, -0.05) is 26.2 Å². The Kier molecular flexibility index (Phi) is 4.01. The average Bonchev–Trinajstić information content (AvgIpc) is 2.01. The van der Waals surface area contributed by atoms with E-state index in [1.807, 2.05) is 0 Å². The zero-order chi connectivity index (χ0) is 9.90. The summed E-state index contributed by atoms with van der Waals surface area (Å²) in [6, 6.07) is 0. The lowest BCUT2D eigenvalue weighted by Crippen LogP contribution is -2.31. The minimum absolute atomic E-state index is 0.460. The van der Waals surface area contributed by atoms with Crippen molar-refractivity contribution in [2.24, 2.45) is 11.8 Å². The van der Waals surface area contributed by atoms with Crippen LogP contribution in [-0.2, 0) is 9.24 Å². The Bertz CT molecular complexity index is 253. The molecule has 2 atom stereocenters. The summed E-state index contributed by atoms with van der Waals surface area (Å²) in [6.45, 7) is 2.67. The molecule has 0 radical (unpaired) electrons. The molecule has 0 saturated heterocycles. The van der Waals surface area contributed by atoms with Gasteiger partial charge in [-0.25, -0.2) is 4.72 Å². The zero-order valence-corrected chi connectivity index (χ0v) is 9.37. The van der Waals surface area contributed by atoms with Gasteiger partial charge in [0, 0.05) is 17.2 Å². The molecule has 0 spiro atoms. The average molecular weight is 226 g/mol. The van der Waals surface area contributed by atoms with Gasteiger partial charge in [0.15, 0.2) is 0 Å². The fraction of sp³-hybridized carbons (Fsp3) is 1.00. The van der Waals surface area contributed by atoms with Gasteiger partial charge in [-0.05, 0) is 18.3 Å². The van der Waals surface area contributed by atoms with Crippen molar-refractivity contribution in [1.82, 2.24) is 4.72 Å². The SMILES string of the molecule is CC1CCCCC1CNS(=O)(=O)Cl. The van der Waals surface area contributed by atoms with Crippen molar-refractivity contribution in [1.29, 1.82) is 0 Å². The third-order valence-electron chi connectivity index (χ3n) is 2.81. The molecule has 0 aromatic heterocycles. The van der Waals surface area contributed by atoms with Crippen LogP contribution < -0.4 is 4.72 Å². The van der Waals surface area contributed by atoms with Crippen LogP contribution in [0, 0.1) is 11.8 Å². The van der Waals surface area contributed by atoms with E-state index in [2.05, 4.69) is 11.6 Å². The van der Waals surface area contributed by atoms with Gasteiger partial charge >= 0.3 is 0 Å². The van der Waals surface area contributed by atoms with Crippen molar-refractivity contribution in [2.75, 3.05) is 6.54 Å². The molecule has 1 aliphatic rings. The second-order valence-corrected chi connectivity index (χ2v) is 6.19. The first kappa shape index (κ1) is 11.3. The monoisotopic (exact) mass is 225 g/mol. The Hall–Kier alpha value is 0.200. The molecule has 3 nitrogen and oxygen atoms in total. The highest BCUT2D eigenvalue weighted by atomic mass is 35.7. The van der Waals surface area contributed by atoms with Crippen molar-refractivity contribution in [3.63, 3.8) is 0 Å². The first-order chi connectivity index (χ1) is 5.99. The number of nitrogens with one attached hydrogen (secondary N) is 1. The minimum atomic E-state index is -3.52. The molecule has 1 saturated carbocycles. The number of hydrogen-bond donors (Lipinski definition) is 1. The third-order valence-corrected chi connectivity index (χ3v) is 3.65. The molecule has 0 aromatic rings. The summed E-state index contributed by atoms with van der Waals surface area (Å²) in [5.74, 6) is 1.07. The molecular formula is C8H16ClNO2S. The van der Waals surface area contributed by atoms with Crippen LogP contribution in [-0.4, -0.2) is 15.0 Å². The lowest BCUT2D eigenvalue weighted by atomic mass is 9.81. The van der Waals surface area contributed by atoms with Crippen molar-refractivity contribution in [2.45, 2.75) is 32.6 Å². The van der Waals surface area contributed by atoms with Crippen LogP contribution in [0.25, 0.3) is 0 Å². The Balaban J connectivity index is 2.35. The normalized spacial score (nSPS) is 30.3. The quantitative estimate of drug-likeness (QED) is 0.746. The summed E-state index contributed by atoms with van der Waals surface area (Å²) in [7, 11) is 1.54. The van der Waals surface area contributed by atoms with Crippen molar-refractivity contribution < 1.29 is 8.42 Å². The summed E-state index contributed by atoms with van der Waals surface area (Å²) < 4.78 is 23.6. The molecule has 0 bridgehead atoms. The predicted octanol–water partition coefficient (Wildman–Crippen LogP) is 1.89. The molecule has 2 unspecified atom stereocenters. The fourth-order valence-electron chi connectivity index (χ4n) is 1.90. The summed E-state index contributed by atoms with van der Waals surface area (Å²) in [5.41, 5.74) is 0. The summed E-state index contributed by atoms with van der Waals surface area (Å²) in [5, 5.41) is 0.